The van der Waals surface area contributed by atoms with Crippen LogP contribution in [0.1, 0.15) is 23.6 Å². The number of hydrogen-bond donors (Lipinski definition) is 3. The van der Waals surface area contributed by atoms with Gasteiger partial charge in [-0.25, -0.2) is 4.68 Å². The molecule has 1 aliphatic rings. The number of H-pyrrole nitrogens is 1. The van der Waals surface area contributed by atoms with E-state index in [1.165, 1.54) is 4.68 Å². The van der Waals surface area contributed by atoms with Crippen molar-refractivity contribution in [3.8, 4) is 5.88 Å². The third-order valence-corrected chi connectivity index (χ3v) is 7.66. The maximum Gasteiger partial charge on any atom is 0.285 e. The van der Waals surface area contributed by atoms with Crippen molar-refractivity contribution in [3.05, 3.63) is 105 Å². The van der Waals surface area contributed by atoms with Gasteiger partial charge < -0.3 is 20.9 Å². The van der Waals surface area contributed by atoms with E-state index in [2.05, 4.69) is 22.1 Å². The monoisotopic (exact) mass is 524 g/mol. The topological polar surface area (TPSA) is 105 Å². The number of aromatic hydroxyl groups is 1. The van der Waals surface area contributed by atoms with Crippen molar-refractivity contribution in [1.82, 2.24) is 15.9 Å². The fourth-order valence-corrected chi connectivity index (χ4v) is 5.45. The van der Waals surface area contributed by atoms with Crippen LogP contribution in [0, 0.1) is 0 Å². The van der Waals surface area contributed by atoms with Crippen LogP contribution in [-0.2, 0) is 4.74 Å². The number of rotatable bonds is 6. The summed E-state index contributed by atoms with van der Waals surface area (Å²) in [4.78, 5) is 16.8. The van der Waals surface area contributed by atoms with Gasteiger partial charge in [0.15, 0.2) is 0 Å². The van der Waals surface area contributed by atoms with Crippen LogP contribution in [-0.4, -0.2) is 41.2 Å². The van der Waals surface area contributed by atoms with Gasteiger partial charge in [0.2, 0.25) is 5.88 Å². The van der Waals surface area contributed by atoms with Gasteiger partial charge in [0, 0.05) is 30.3 Å². The first-order chi connectivity index (χ1) is 17.1. The highest BCUT2D eigenvalue weighted by Crippen LogP contribution is 2.36. The standard InChI is InChI=1S/C27H26ClN3O3S.H3N/c28-22-9-4-5-10-23(22)35-25-26(32)29-31(27(25)33)24(19-7-2-1-3-8-19)20-11-13-21(14-12-20)30-15-6-17-34-18-16-30;/h1-5,7-14,24,29,32H,6,15-18H2;1H3. The van der Waals surface area contributed by atoms with Crippen molar-refractivity contribution in [3.63, 3.8) is 0 Å². The second kappa shape index (κ2) is 11.7. The maximum atomic E-state index is 13.5. The smallest absolute Gasteiger partial charge is 0.285 e. The minimum Gasteiger partial charge on any atom is -0.493 e. The predicted octanol–water partition coefficient (Wildman–Crippen LogP) is 5.71. The van der Waals surface area contributed by atoms with E-state index in [1.54, 1.807) is 6.07 Å². The quantitative estimate of drug-likeness (QED) is 0.298. The molecule has 1 saturated heterocycles. The zero-order valence-electron chi connectivity index (χ0n) is 19.8. The van der Waals surface area contributed by atoms with E-state index in [-0.39, 0.29) is 22.5 Å². The van der Waals surface area contributed by atoms with Gasteiger partial charge in [-0.15, -0.1) is 0 Å². The fourth-order valence-electron chi connectivity index (χ4n) is 4.34. The molecule has 1 atom stereocenters. The van der Waals surface area contributed by atoms with Crippen molar-refractivity contribution < 1.29 is 9.84 Å². The number of benzene rings is 3. The lowest BCUT2D eigenvalue weighted by atomic mass is 9.98. The molecule has 1 unspecified atom stereocenters. The van der Waals surface area contributed by atoms with Crippen LogP contribution in [0.3, 0.4) is 0 Å². The van der Waals surface area contributed by atoms with Crippen LogP contribution in [0.4, 0.5) is 5.69 Å². The summed E-state index contributed by atoms with van der Waals surface area (Å²) in [5, 5.41) is 14.1. The molecule has 1 fully saturated rings. The maximum absolute atomic E-state index is 13.5. The van der Waals surface area contributed by atoms with Gasteiger partial charge >= 0.3 is 0 Å². The predicted molar refractivity (Wildman–Crippen MR) is 145 cm³/mol. The zero-order chi connectivity index (χ0) is 24.2. The lowest BCUT2D eigenvalue weighted by Crippen LogP contribution is -2.26. The first-order valence-electron chi connectivity index (χ1n) is 11.6. The summed E-state index contributed by atoms with van der Waals surface area (Å²) in [6.45, 7) is 3.32. The molecule has 188 valence electrons. The molecule has 5 rings (SSSR count). The van der Waals surface area contributed by atoms with E-state index in [9.17, 15) is 9.90 Å². The van der Waals surface area contributed by atoms with Crippen LogP contribution >= 0.6 is 23.4 Å². The molecule has 0 aliphatic carbocycles. The molecule has 0 saturated carbocycles. The molecule has 0 bridgehead atoms. The molecule has 1 aliphatic heterocycles. The third kappa shape index (κ3) is 5.47. The van der Waals surface area contributed by atoms with E-state index in [1.807, 2.05) is 60.7 Å². The Balaban J connectivity index is 0.00000304. The SMILES string of the molecule is N.O=c1c(Sc2ccccc2Cl)c(O)[nH]n1C(c1ccccc1)c1ccc(N2CCCOCC2)cc1. The van der Waals surface area contributed by atoms with Gasteiger partial charge in [0.05, 0.1) is 11.6 Å². The zero-order valence-corrected chi connectivity index (χ0v) is 21.3. The Labute approximate surface area is 219 Å². The van der Waals surface area contributed by atoms with Gasteiger partial charge in [0.1, 0.15) is 10.9 Å². The Bertz CT molecular complexity index is 1330. The Hall–Kier alpha value is -3.17. The van der Waals surface area contributed by atoms with Gasteiger partial charge in [-0.3, -0.25) is 9.89 Å². The molecule has 1 aromatic heterocycles. The van der Waals surface area contributed by atoms with Crippen LogP contribution in [0.2, 0.25) is 5.02 Å². The summed E-state index contributed by atoms with van der Waals surface area (Å²) in [6.07, 6.45) is 0.997. The summed E-state index contributed by atoms with van der Waals surface area (Å²) < 4.78 is 7.07. The number of anilines is 1. The lowest BCUT2D eigenvalue weighted by molar-refractivity contribution is 0.152. The van der Waals surface area contributed by atoms with Crippen molar-refractivity contribution in [2.24, 2.45) is 0 Å². The van der Waals surface area contributed by atoms with Gasteiger partial charge in [-0.2, -0.15) is 0 Å². The summed E-state index contributed by atoms with van der Waals surface area (Å²) in [7, 11) is 0. The first kappa shape index (κ1) is 25.9. The number of aromatic amines is 1. The number of aromatic nitrogens is 2. The average Bonchev–Trinajstić information content (AvgIpc) is 3.06. The molecule has 0 amide bonds. The Kier molecular flexibility index (Phi) is 8.43. The highest BCUT2D eigenvalue weighted by atomic mass is 35.5. The largest absolute Gasteiger partial charge is 0.493 e. The second-order valence-corrected chi connectivity index (χ2v) is 9.81. The molecule has 2 heterocycles. The molecule has 5 N–H and O–H groups in total. The van der Waals surface area contributed by atoms with Crippen LogP contribution in [0.25, 0.3) is 0 Å². The molecule has 36 heavy (non-hydrogen) atoms. The molecule has 7 nitrogen and oxygen atoms in total. The summed E-state index contributed by atoms with van der Waals surface area (Å²) in [6, 6.07) is 24.9. The number of hydrogen-bond acceptors (Lipinski definition) is 6. The van der Waals surface area contributed by atoms with Gasteiger partial charge in [-0.05, 0) is 41.8 Å². The first-order valence-corrected chi connectivity index (χ1v) is 12.7. The van der Waals surface area contributed by atoms with E-state index < -0.39 is 6.04 Å². The highest BCUT2D eigenvalue weighted by Gasteiger charge is 2.24. The fraction of sp³-hybridized carbons (Fsp3) is 0.222. The number of nitrogens with zero attached hydrogens (tertiary/aromatic N) is 2. The number of halogens is 1. The number of nitrogens with one attached hydrogen (secondary N) is 1. The van der Waals surface area contributed by atoms with E-state index >= 15 is 0 Å². The molecule has 0 spiro atoms. The van der Waals surface area contributed by atoms with Crippen LogP contribution < -0.4 is 16.6 Å². The second-order valence-electron chi connectivity index (χ2n) is 8.35. The summed E-state index contributed by atoms with van der Waals surface area (Å²) in [5.41, 5.74) is 2.68. The van der Waals surface area contributed by atoms with Crippen LogP contribution in [0.5, 0.6) is 5.88 Å². The van der Waals surface area contributed by atoms with E-state index in [0.717, 1.165) is 61.3 Å². The molecule has 0 radical (unpaired) electrons. The van der Waals surface area contributed by atoms with Crippen LogP contribution in [0.15, 0.2) is 93.4 Å². The highest BCUT2D eigenvalue weighted by molar-refractivity contribution is 7.99. The molecule has 9 heteroatoms. The van der Waals surface area contributed by atoms with Crippen molar-refractivity contribution in [2.75, 3.05) is 31.2 Å². The summed E-state index contributed by atoms with van der Waals surface area (Å²) >= 11 is 7.45. The van der Waals surface area contributed by atoms with Crippen molar-refractivity contribution in [2.45, 2.75) is 22.3 Å². The third-order valence-electron chi connectivity index (χ3n) is 6.07. The summed E-state index contributed by atoms with van der Waals surface area (Å²) in [5.74, 6) is -0.179. The number of ether oxygens (including phenoxy) is 1. The van der Waals surface area contributed by atoms with E-state index in [4.69, 9.17) is 16.3 Å². The molecule has 3 aromatic carbocycles. The normalized spacial score (nSPS) is 14.6. The minimum absolute atomic E-state index is 0. The lowest BCUT2D eigenvalue weighted by Gasteiger charge is -2.24. The Morgan fingerprint density at radius 2 is 1.61 bits per heavy atom. The van der Waals surface area contributed by atoms with Crippen molar-refractivity contribution >= 4 is 29.1 Å². The van der Waals surface area contributed by atoms with Gasteiger partial charge in [0.25, 0.3) is 5.56 Å². The Morgan fingerprint density at radius 1 is 0.917 bits per heavy atom. The molecule has 4 aromatic rings. The Morgan fingerprint density at radius 3 is 2.36 bits per heavy atom. The average molecular weight is 525 g/mol. The van der Waals surface area contributed by atoms with Crippen molar-refractivity contribution in [1.29, 1.82) is 0 Å². The molecular weight excluding hydrogens is 496 g/mol. The van der Waals surface area contributed by atoms with E-state index in [0.29, 0.717) is 9.92 Å². The van der Waals surface area contributed by atoms with Gasteiger partial charge in [-0.1, -0.05) is 78.0 Å². The molecular formula is C27H29ClN4O3S. The minimum atomic E-state index is -0.434.